The maximum Gasteiger partial charge on any atom is 0.257 e. The molecule has 26 heavy (non-hydrogen) atoms. The number of rotatable bonds is 3. The normalized spacial score (nSPS) is 13.2. The fourth-order valence-electron chi connectivity index (χ4n) is 3.28. The van der Waals surface area contributed by atoms with Gasteiger partial charge >= 0.3 is 0 Å². The molecule has 1 N–H and O–H groups in total. The maximum absolute atomic E-state index is 12.6. The number of pyridine rings is 1. The number of aromatic nitrogens is 1. The summed E-state index contributed by atoms with van der Waals surface area (Å²) in [6.07, 6.45) is 4.46. The number of benzene rings is 2. The van der Waals surface area contributed by atoms with E-state index in [-0.39, 0.29) is 5.91 Å². The van der Waals surface area contributed by atoms with Gasteiger partial charge in [-0.2, -0.15) is 0 Å². The number of nitrogens with one attached hydrogen (secondary N) is 1. The highest BCUT2D eigenvalue weighted by molar-refractivity contribution is 6.04. The molecule has 2 aromatic carbocycles. The van der Waals surface area contributed by atoms with Crippen molar-refractivity contribution in [2.24, 2.45) is 0 Å². The van der Waals surface area contributed by atoms with Gasteiger partial charge in [0.15, 0.2) is 0 Å². The Morgan fingerprint density at radius 1 is 1.04 bits per heavy atom. The van der Waals surface area contributed by atoms with Gasteiger partial charge < -0.3 is 10.2 Å². The summed E-state index contributed by atoms with van der Waals surface area (Å²) in [5, 5.41) is 2.93. The zero-order chi connectivity index (χ0) is 17.9. The highest BCUT2D eigenvalue weighted by atomic mass is 16.1. The molecule has 0 bridgehead atoms. The average Bonchev–Trinajstić information content (AvgIpc) is 2.69. The Bertz CT molecular complexity index is 934. The van der Waals surface area contributed by atoms with Crippen LogP contribution in [-0.4, -0.2) is 17.4 Å². The van der Waals surface area contributed by atoms with Crippen molar-refractivity contribution in [3.8, 4) is 0 Å². The molecule has 0 unspecified atom stereocenters. The lowest BCUT2D eigenvalue weighted by Gasteiger charge is -2.30. The lowest BCUT2D eigenvalue weighted by molar-refractivity contribution is 0.102. The first-order valence-electron chi connectivity index (χ1n) is 8.84. The van der Waals surface area contributed by atoms with Gasteiger partial charge in [0.25, 0.3) is 5.91 Å². The summed E-state index contributed by atoms with van der Waals surface area (Å²) in [5.41, 5.74) is 6.26. The molecule has 0 radical (unpaired) electrons. The van der Waals surface area contributed by atoms with Gasteiger partial charge in [0.2, 0.25) is 0 Å². The molecule has 1 aliphatic heterocycles. The van der Waals surface area contributed by atoms with Crippen LogP contribution in [0.1, 0.15) is 27.0 Å². The van der Waals surface area contributed by atoms with Crippen molar-refractivity contribution in [2.45, 2.75) is 19.9 Å². The first-order valence-corrected chi connectivity index (χ1v) is 8.84. The molecule has 3 aromatic rings. The van der Waals surface area contributed by atoms with E-state index in [0.29, 0.717) is 5.56 Å². The number of aryl methyl sites for hydroxylation is 1. The molecule has 4 nitrogen and oxygen atoms in total. The average molecular weight is 343 g/mol. The first-order chi connectivity index (χ1) is 12.7. The van der Waals surface area contributed by atoms with Gasteiger partial charge in [0.05, 0.1) is 17.4 Å². The standard InChI is InChI=1S/C22H21N3O/c1-16-6-8-20(9-7-16)24-22(26)19-12-21(14-23-13-19)25-11-10-17-4-2-3-5-18(17)15-25/h2-9,12-14H,10-11,15H2,1H3,(H,24,26). The van der Waals surface area contributed by atoms with Crippen molar-refractivity contribution in [3.63, 3.8) is 0 Å². The molecule has 2 heterocycles. The Hall–Kier alpha value is -3.14. The van der Waals surface area contributed by atoms with Gasteiger partial charge in [-0.15, -0.1) is 0 Å². The topological polar surface area (TPSA) is 45.2 Å². The first kappa shape index (κ1) is 16.3. The molecule has 0 aliphatic carbocycles. The van der Waals surface area contributed by atoms with Crippen molar-refractivity contribution in [2.75, 3.05) is 16.8 Å². The second-order valence-electron chi connectivity index (χ2n) is 6.69. The van der Waals surface area contributed by atoms with E-state index in [1.807, 2.05) is 43.5 Å². The third-order valence-corrected chi connectivity index (χ3v) is 4.79. The molecule has 0 saturated heterocycles. The summed E-state index contributed by atoms with van der Waals surface area (Å²) in [6.45, 7) is 3.80. The molecular formula is C22H21N3O. The Balaban J connectivity index is 1.51. The number of hydrogen-bond donors (Lipinski definition) is 1. The SMILES string of the molecule is Cc1ccc(NC(=O)c2cncc(N3CCc4ccccc4C3)c2)cc1. The molecule has 4 heteroatoms. The molecule has 1 amide bonds. The van der Waals surface area contributed by atoms with Crippen molar-refractivity contribution in [3.05, 3.63) is 89.2 Å². The van der Waals surface area contributed by atoms with Crippen LogP contribution in [0.15, 0.2) is 67.0 Å². The molecule has 1 aliphatic rings. The van der Waals surface area contributed by atoms with Crippen LogP contribution in [0.5, 0.6) is 0 Å². The van der Waals surface area contributed by atoms with E-state index in [1.54, 1.807) is 6.20 Å². The molecule has 4 rings (SSSR count). The molecule has 0 atom stereocenters. The van der Waals surface area contributed by atoms with E-state index in [1.165, 1.54) is 11.1 Å². The Morgan fingerprint density at radius 3 is 2.62 bits per heavy atom. The number of carbonyl (C=O) groups is 1. The summed E-state index contributed by atoms with van der Waals surface area (Å²) >= 11 is 0. The van der Waals surface area contributed by atoms with E-state index >= 15 is 0 Å². The van der Waals surface area contributed by atoms with Gasteiger partial charge in [0, 0.05) is 25.0 Å². The number of carbonyl (C=O) groups excluding carboxylic acids is 1. The summed E-state index contributed by atoms with van der Waals surface area (Å²) in [5.74, 6) is -0.138. The maximum atomic E-state index is 12.6. The van der Waals surface area contributed by atoms with Crippen molar-refractivity contribution < 1.29 is 4.79 Å². The summed E-state index contributed by atoms with van der Waals surface area (Å²) in [7, 11) is 0. The monoisotopic (exact) mass is 343 g/mol. The van der Waals surface area contributed by atoms with Gasteiger partial charge in [-0.05, 0) is 42.7 Å². The predicted octanol–water partition coefficient (Wildman–Crippen LogP) is 4.21. The molecular weight excluding hydrogens is 322 g/mol. The van der Waals surface area contributed by atoms with Crippen LogP contribution in [-0.2, 0) is 13.0 Å². The number of hydrogen-bond acceptors (Lipinski definition) is 3. The van der Waals surface area contributed by atoms with Crippen molar-refractivity contribution >= 4 is 17.3 Å². The van der Waals surface area contributed by atoms with E-state index in [2.05, 4.69) is 39.5 Å². The van der Waals surface area contributed by atoms with E-state index in [4.69, 9.17) is 0 Å². The summed E-state index contributed by atoms with van der Waals surface area (Å²) < 4.78 is 0. The zero-order valence-corrected chi connectivity index (χ0v) is 14.8. The smallest absolute Gasteiger partial charge is 0.257 e. The third kappa shape index (κ3) is 3.45. The van der Waals surface area contributed by atoms with E-state index in [0.717, 1.165) is 36.4 Å². The minimum absolute atomic E-state index is 0.138. The minimum atomic E-state index is -0.138. The third-order valence-electron chi connectivity index (χ3n) is 4.79. The Morgan fingerprint density at radius 2 is 1.81 bits per heavy atom. The van der Waals surface area contributed by atoms with Gasteiger partial charge in [-0.1, -0.05) is 42.0 Å². The van der Waals surface area contributed by atoms with Gasteiger partial charge in [-0.25, -0.2) is 0 Å². The number of fused-ring (bicyclic) bond motifs is 1. The van der Waals surface area contributed by atoms with Crippen molar-refractivity contribution in [1.29, 1.82) is 0 Å². The molecule has 0 saturated carbocycles. The van der Waals surface area contributed by atoms with Crippen LogP contribution < -0.4 is 10.2 Å². The van der Waals surface area contributed by atoms with Crippen LogP contribution >= 0.6 is 0 Å². The van der Waals surface area contributed by atoms with Crippen molar-refractivity contribution in [1.82, 2.24) is 4.98 Å². The van der Waals surface area contributed by atoms with Gasteiger partial charge in [-0.3, -0.25) is 9.78 Å². The molecule has 1 aromatic heterocycles. The van der Waals surface area contributed by atoms with Crippen LogP contribution in [0.4, 0.5) is 11.4 Å². The summed E-state index contributed by atoms with van der Waals surface area (Å²) in [6, 6.07) is 18.2. The quantitative estimate of drug-likeness (QED) is 0.775. The van der Waals surface area contributed by atoms with E-state index in [9.17, 15) is 4.79 Å². The zero-order valence-electron chi connectivity index (χ0n) is 14.8. The Labute approximate surface area is 153 Å². The van der Waals surface area contributed by atoms with Crippen LogP contribution in [0.2, 0.25) is 0 Å². The fraction of sp³-hybridized carbons (Fsp3) is 0.182. The lowest BCUT2D eigenvalue weighted by Crippen LogP contribution is -2.30. The largest absolute Gasteiger partial charge is 0.366 e. The second-order valence-corrected chi connectivity index (χ2v) is 6.69. The van der Waals surface area contributed by atoms with Crippen LogP contribution in [0, 0.1) is 6.92 Å². The number of anilines is 2. The molecule has 130 valence electrons. The predicted molar refractivity (Wildman–Crippen MR) is 105 cm³/mol. The number of nitrogens with zero attached hydrogens (tertiary/aromatic N) is 2. The van der Waals surface area contributed by atoms with Crippen LogP contribution in [0.25, 0.3) is 0 Å². The molecule has 0 spiro atoms. The highest BCUT2D eigenvalue weighted by Crippen LogP contribution is 2.24. The number of amides is 1. The lowest BCUT2D eigenvalue weighted by atomic mass is 9.99. The fourth-order valence-corrected chi connectivity index (χ4v) is 3.28. The minimum Gasteiger partial charge on any atom is -0.366 e. The summed E-state index contributed by atoms with van der Waals surface area (Å²) in [4.78, 5) is 19.1. The highest BCUT2D eigenvalue weighted by Gasteiger charge is 2.17. The van der Waals surface area contributed by atoms with Crippen LogP contribution in [0.3, 0.4) is 0 Å². The van der Waals surface area contributed by atoms with Gasteiger partial charge in [0.1, 0.15) is 0 Å². The second kappa shape index (κ2) is 7.00. The molecule has 0 fully saturated rings. The van der Waals surface area contributed by atoms with E-state index < -0.39 is 0 Å². The Kier molecular flexibility index (Phi) is 4.40.